The van der Waals surface area contributed by atoms with E-state index in [1.165, 1.54) is 4.90 Å². The summed E-state index contributed by atoms with van der Waals surface area (Å²) in [4.78, 5) is 17.1. The summed E-state index contributed by atoms with van der Waals surface area (Å²) < 4.78 is 0. The van der Waals surface area contributed by atoms with E-state index in [1.807, 2.05) is 18.2 Å². The Morgan fingerprint density at radius 3 is 2.94 bits per heavy atom. The first-order valence-corrected chi connectivity index (χ1v) is 5.18. The zero-order valence-electron chi connectivity index (χ0n) is 9.34. The molecule has 0 spiro atoms. The summed E-state index contributed by atoms with van der Waals surface area (Å²) in [5, 5.41) is 9.26. The molecule has 1 rings (SSSR count). The number of hydrogen-bond acceptors (Lipinski definition) is 4. The highest BCUT2D eigenvalue weighted by atomic mass is 16.3. The van der Waals surface area contributed by atoms with E-state index in [1.54, 1.807) is 13.2 Å². The molecule has 0 saturated heterocycles. The normalized spacial score (nSPS) is 12.2. The van der Waals surface area contributed by atoms with Gasteiger partial charge in [-0.3, -0.25) is 9.78 Å². The maximum Gasteiger partial charge on any atom is 0.252 e. The first kappa shape index (κ1) is 12.6. The van der Waals surface area contributed by atoms with Gasteiger partial charge < -0.3 is 15.7 Å². The van der Waals surface area contributed by atoms with Crippen LogP contribution in [0.25, 0.3) is 0 Å². The molecule has 1 aromatic rings. The zero-order valence-corrected chi connectivity index (χ0v) is 9.34. The minimum atomic E-state index is -1.10. The van der Waals surface area contributed by atoms with Crippen molar-refractivity contribution in [2.75, 3.05) is 20.1 Å². The zero-order chi connectivity index (χ0) is 12.0. The van der Waals surface area contributed by atoms with Crippen molar-refractivity contribution in [2.24, 2.45) is 5.73 Å². The second kappa shape index (κ2) is 6.19. The molecule has 0 aliphatic rings. The number of carbonyl (C=O) groups excluding carboxylic acids is 1. The highest BCUT2D eigenvalue weighted by Crippen LogP contribution is 1.98. The minimum Gasteiger partial charge on any atom is -0.382 e. The number of aliphatic hydroxyl groups is 1. The summed E-state index contributed by atoms with van der Waals surface area (Å²) in [6.07, 6.45) is 1.28. The molecule has 3 N–H and O–H groups in total. The molecule has 0 bridgehead atoms. The van der Waals surface area contributed by atoms with Crippen molar-refractivity contribution < 1.29 is 9.90 Å². The van der Waals surface area contributed by atoms with Crippen LogP contribution in [0, 0.1) is 0 Å². The number of nitrogens with zero attached hydrogens (tertiary/aromatic N) is 2. The fourth-order valence-electron chi connectivity index (χ4n) is 1.29. The van der Waals surface area contributed by atoms with Gasteiger partial charge in [0, 0.05) is 38.4 Å². The predicted octanol–water partition coefficient (Wildman–Crippen LogP) is -0.598. The third-order valence-corrected chi connectivity index (χ3v) is 2.31. The van der Waals surface area contributed by atoms with Crippen molar-refractivity contribution in [3.8, 4) is 0 Å². The molecule has 0 saturated carbocycles. The number of hydrogen-bond donors (Lipinski definition) is 2. The number of nitrogens with two attached hydrogens (primary N) is 1. The Morgan fingerprint density at radius 1 is 1.62 bits per heavy atom. The Hall–Kier alpha value is -1.46. The first-order valence-electron chi connectivity index (χ1n) is 5.18. The molecule has 88 valence electrons. The Labute approximate surface area is 94.9 Å². The molecule has 16 heavy (non-hydrogen) atoms. The predicted molar refractivity (Wildman–Crippen MR) is 60.6 cm³/mol. The Morgan fingerprint density at radius 2 is 2.38 bits per heavy atom. The van der Waals surface area contributed by atoms with E-state index in [-0.39, 0.29) is 12.5 Å². The van der Waals surface area contributed by atoms with E-state index in [2.05, 4.69) is 4.98 Å². The maximum absolute atomic E-state index is 11.5. The number of amides is 1. The SMILES string of the molecule is CN(CCc1ccccn1)C(=O)C(O)CN. The molecule has 1 heterocycles. The van der Waals surface area contributed by atoms with E-state index in [9.17, 15) is 9.90 Å². The van der Waals surface area contributed by atoms with E-state index >= 15 is 0 Å². The van der Waals surface area contributed by atoms with Crippen molar-refractivity contribution >= 4 is 5.91 Å². The lowest BCUT2D eigenvalue weighted by atomic mass is 10.2. The van der Waals surface area contributed by atoms with Gasteiger partial charge in [-0.2, -0.15) is 0 Å². The molecule has 1 unspecified atom stereocenters. The lowest BCUT2D eigenvalue weighted by Crippen LogP contribution is -2.41. The molecule has 5 nitrogen and oxygen atoms in total. The van der Waals surface area contributed by atoms with Crippen LogP contribution in [0.5, 0.6) is 0 Å². The van der Waals surface area contributed by atoms with E-state index < -0.39 is 6.10 Å². The summed E-state index contributed by atoms with van der Waals surface area (Å²) in [5.41, 5.74) is 6.13. The van der Waals surface area contributed by atoms with Gasteiger partial charge in [0.05, 0.1) is 0 Å². The number of pyridine rings is 1. The fraction of sp³-hybridized carbons (Fsp3) is 0.455. The van der Waals surface area contributed by atoms with Crippen LogP contribution in [-0.2, 0) is 11.2 Å². The van der Waals surface area contributed by atoms with Crippen LogP contribution >= 0.6 is 0 Å². The van der Waals surface area contributed by atoms with Gasteiger partial charge in [0.1, 0.15) is 6.10 Å². The molecule has 0 radical (unpaired) electrons. The lowest BCUT2D eigenvalue weighted by Gasteiger charge is -2.19. The van der Waals surface area contributed by atoms with Gasteiger partial charge in [0.15, 0.2) is 0 Å². The summed E-state index contributed by atoms with van der Waals surface area (Å²) in [6.45, 7) is 0.472. The molecule has 0 aliphatic carbocycles. The van der Waals surface area contributed by atoms with Crippen LogP contribution in [0.15, 0.2) is 24.4 Å². The number of aliphatic hydroxyl groups excluding tert-OH is 1. The Bertz CT molecular complexity index is 329. The Kier molecular flexibility index (Phi) is 4.88. The van der Waals surface area contributed by atoms with Crippen molar-refractivity contribution in [1.29, 1.82) is 0 Å². The Balaban J connectivity index is 2.41. The average molecular weight is 223 g/mol. The topological polar surface area (TPSA) is 79.5 Å². The maximum atomic E-state index is 11.5. The summed E-state index contributed by atoms with van der Waals surface area (Å²) in [6, 6.07) is 5.65. The van der Waals surface area contributed by atoms with Crippen molar-refractivity contribution in [3.05, 3.63) is 30.1 Å². The van der Waals surface area contributed by atoms with Crippen LogP contribution < -0.4 is 5.73 Å². The number of likely N-dealkylation sites (N-methyl/N-ethyl adjacent to an activating group) is 1. The fourth-order valence-corrected chi connectivity index (χ4v) is 1.29. The van der Waals surface area contributed by atoms with Crippen LogP contribution in [0.3, 0.4) is 0 Å². The van der Waals surface area contributed by atoms with Crippen molar-refractivity contribution in [2.45, 2.75) is 12.5 Å². The molecule has 0 aliphatic heterocycles. The number of carbonyl (C=O) groups is 1. The molecule has 1 aromatic heterocycles. The third kappa shape index (κ3) is 3.60. The molecule has 0 aromatic carbocycles. The summed E-state index contributed by atoms with van der Waals surface area (Å²) >= 11 is 0. The third-order valence-electron chi connectivity index (χ3n) is 2.31. The lowest BCUT2D eigenvalue weighted by molar-refractivity contribution is -0.138. The number of aromatic nitrogens is 1. The van der Waals surface area contributed by atoms with Gasteiger partial charge in [-0.15, -0.1) is 0 Å². The first-order chi connectivity index (χ1) is 7.65. The molecular weight excluding hydrogens is 206 g/mol. The summed E-state index contributed by atoms with van der Waals surface area (Å²) in [7, 11) is 1.64. The summed E-state index contributed by atoms with van der Waals surface area (Å²) in [5.74, 6) is -0.349. The molecule has 1 atom stereocenters. The van der Waals surface area contributed by atoms with Crippen LogP contribution in [0.2, 0.25) is 0 Å². The smallest absolute Gasteiger partial charge is 0.252 e. The van der Waals surface area contributed by atoms with Gasteiger partial charge in [-0.25, -0.2) is 0 Å². The highest BCUT2D eigenvalue weighted by molar-refractivity contribution is 5.80. The van der Waals surface area contributed by atoms with Gasteiger partial charge >= 0.3 is 0 Å². The molecule has 1 amide bonds. The molecule has 0 fully saturated rings. The second-order valence-corrected chi connectivity index (χ2v) is 3.58. The highest BCUT2D eigenvalue weighted by Gasteiger charge is 2.17. The average Bonchev–Trinajstić information content (AvgIpc) is 2.35. The monoisotopic (exact) mass is 223 g/mol. The van der Waals surface area contributed by atoms with Gasteiger partial charge in [-0.1, -0.05) is 6.07 Å². The van der Waals surface area contributed by atoms with E-state index in [0.29, 0.717) is 13.0 Å². The minimum absolute atomic E-state index is 0.0488. The van der Waals surface area contributed by atoms with Gasteiger partial charge in [0.2, 0.25) is 0 Å². The molecular formula is C11H17N3O2. The van der Waals surface area contributed by atoms with Gasteiger partial charge in [0.25, 0.3) is 5.91 Å². The second-order valence-electron chi connectivity index (χ2n) is 3.58. The quantitative estimate of drug-likeness (QED) is 0.698. The van der Waals surface area contributed by atoms with Crippen LogP contribution in [0.4, 0.5) is 0 Å². The number of rotatable bonds is 5. The van der Waals surface area contributed by atoms with Crippen molar-refractivity contribution in [3.63, 3.8) is 0 Å². The van der Waals surface area contributed by atoms with Crippen LogP contribution in [0.1, 0.15) is 5.69 Å². The molecule has 5 heteroatoms. The van der Waals surface area contributed by atoms with E-state index in [4.69, 9.17) is 5.73 Å². The van der Waals surface area contributed by atoms with Gasteiger partial charge in [-0.05, 0) is 12.1 Å². The van der Waals surface area contributed by atoms with Crippen LogP contribution in [-0.4, -0.2) is 47.1 Å². The standard InChI is InChI=1S/C11H17N3O2/c1-14(11(16)10(15)8-12)7-5-9-4-2-3-6-13-9/h2-4,6,10,15H,5,7-8,12H2,1H3. The van der Waals surface area contributed by atoms with Crippen molar-refractivity contribution in [1.82, 2.24) is 9.88 Å². The van der Waals surface area contributed by atoms with E-state index in [0.717, 1.165) is 5.69 Å². The largest absolute Gasteiger partial charge is 0.382 e.